The summed E-state index contributed by atoms with van der Waals surface area (Å²) in [4.78, 5) is 46.1. The molecule has 3 heterocycles. The first-order chi connectivity index (χ1) is 22.3. The molecule has 2 saturated heterocycles. The largest absolute Gasteiger partial charge is 0.445 e. The molecule has 1 aromatic carbocycles. The van der Waals surface area contributed by atoms with Gasteiger partial charge in [-0.3, -0.25) is 19.4 Å². The van der Waals surface area contributed by atoms with Gasteiger partial charge in [-0.25, -0.2) is 9.18 Å². The van der Waals surface area contributed by atoms with Gasteiger partial charge in [-0.1, -0.05) is 50.5 Å². The van der Waals surface area contributed by atoms with Crippen molar-refractivity contribution in [3.05, 3.63) is 47.3 Å². The topological polar surface area (TPSA) is 91.4 Å². The lowest BCUT2D eigenvalue weighted by atomic mass is 10.1. The Balaban J connectivity index is 1.25. The number of hydrogen-bond acceptors (Lipinski definition) is 7. The molecule has 254 valence electrons. The summed E-state index contributed by atoms with van der Waals surface area (Å²) in [5.41, 5.74) is 0.412. The number of amides is 2. The molecule has 0 aromatic heterocycles. The summed E-state index contributed by atoms with van der Waals surface area (Å²) in [7, 11) is 1.66. The van der Waals surface area contributed by atoms with Crippen LogP contribution in [0.1, 0.15) is 95.6 Å². The Morgan fingerprint density at radius 2 is 1.93 bits per heavy atom. The number of ketones is 1. The summed E-state index contributed by atoms with van der Waals surface area (Å²) in [6, 6.07) is 4.27. The van der Waals surface area contributed by atoms with Crippen molar-refractivity contribution >= 4 is 17.8 Å². The van der Waals surface area contributed by atoms with E-state index in [0.717, 1.165) is 57.3 Å². The quantitative estimate of drug-likeness (QED) is 0.198. The number of hydrogen-bond donors (Lipinski definition) is 1. The number of carbonyl (C=O) groups excluding carboxylic acids is 3. The fourth-order valence-corrected chi connectivity index (χ4v) is 7.53. The number of nitrogens with one attached hydrogen (secondary N) is 1. The SMILES string of the molecule is CCCCC/C=C\C1CC1(NC(=O)[C@@H]1CC(OC(=O)N2Cc3cccc(F)c3C2)CN1C(CCCN1CCCCC1)OC)C(C)=O. The second-order valence-electron chi connectivity index (χ2n) is 13.7. The minimum atomic E-state index is -0.888. The molecule has 0 radical (unpaired) electrons. The van der Waals surface area contributed by atoms with E-state index in [1.807, 2.05) is 11.0 Å². The van der Waals surface area contributed by atoms with E-state index < -0.39 is 23.8 Å². The molecule has 1 saturated carbocycles. The number of benzene rings is 1. The predicted octanol–water partition coefficient (Wildman–Crippen LogP) is 5.56. The van der Waals surface area contributed by atoms with Gasteiger partial charge in [0.25, 0.3) is 0 Å². The smallest absolute Gasteiger partial charge is 0.410 e. The van der Waals surface area contributed by atoms with Gasteiger partial charge in [-0.15, -0.1) is 0 Å². The van der Waals surface area contributed by atoms with Crippen LogP contribution in [0.15, 0.2) is 30.4 Å². The second-order valence-corrected chi connectivity index (χ2v) is 13.7. The summed E-state index contributed by atoms with van der Waals surface area (Å²) in [5.74, 6) is -0.608. The lowest BCUT2D eigenvalue weighted by Gasteiger charge is -2.33. The molecule has 3 aliphatic heterocycles. The highest BCUT2D eigenvalue weighted by Crippen LogP contribution is 2.46. The van der Waals surface area contributed by atoms with Crippen molar-refractivity contribution < 1.29 is 28.2 Å². The molecule has 10 heteroatoms. The van der Waals surface area contributed by atoms with Crippen LogP contribution < -0.4 is 5.32 Å². The van der Waals surface area contributed by atoms with E-state index in [4.69, 9.17) is 9.47 Å². The molecule has 3 fully saturated rings. The van der Waals surface area contributed by atoms with Crippen LogP contribution in [-0.2, 0) is 32.2 Å². The van der Waals surface area contributed by atoms with Gasteiger partial charge in [0, 0.05) is 38.1 Å². The number of methoxy groups -OCH3 is 1. The third kappa shape index (κ3) is 8.17. The Bertz CT molecular complexity index is 1250. The van der Waals surface area contributed by atoms with Crippen LogP contribution in [0.5, 0.6) is 0 Å². The highest BCUT2D eigenvalue weighted by molar-refractivity contribution is 5.96. The lowest BCUT2D eigenvalue weighted by molar-refractivity contribution is -0.135. The van der Waals surface area contributed by atoms with Crippen molar-refractivity contribution in [2.45, 2.75) is 121 Å². The number of halogens is 1. The number of Topliss-reactive ketones (excluding diaryl/α,β-unsaturated/α-hetero) is 1. The zero-order valence-electron chi connectivity index (χ0n) is 28.0. The predicted molar refractivity (Wildman–Crippen MR) is 174 cm³/mol. The molecule has 5 rings (SSSR count). The number of allylic oxidation sites excluding steroid dienone is 1. The van der Waals surface area contributed by atoms with E-state index >= 15 is 0 Å². The van der Waals surface area contributed by atoms with Gasteiger partial charge in [0.1, 0.15) is 23.7 Å². The van der Waals surface area contributed by atoms with Crippen LogP contribution >= 0.6 is 0 Å². The normalized spacial score (nSPS) is 27.1. The van der Waals surface area contributed by atoms with E-state index in [1.54, 1.807) is 20.1 Å². The van der Waals surface area contributed by atoms with Gasteiger partial charge in [-0.05, 0) is 83.1 Å². The number of likely N-dealkylation sites (tertiary alicyclic amines) is 2. The molecule has 1 aliphatic carbocycles. The second kappa shape index (κ2) is 15.8. The fourth-order valence-electron chi connectivity index (χ4n) is 7.53. The molecule has 0 bridgehead atoms. The van der Waals surface area contributed by atoms with Crippen LogP contribution in [0.4, 0.5) is 9.18 Å². The van der Waals surface area contributed by atoms with E-state index in [-0.39, 0.29) is 42.7 Å². The average Bonchev–Trinajstić information content (AvgIpc) is 3.35. The molecular weight excluding hydrogens is 587 g/mol. The molecule has 46 heavy (non-hydrogen) atoms. The molecule has 1 aromatic rings. The van der Waals surface area contributed by atoms with Crippen molar-refractivity contribution in [3.63, 3.8) is 0 Å². The minimum absolute atomic E-state index is 0.0148. The summed E-state index contributed by atoms with van der Waals surface area (Å²) < 4.78 is 26.3. The zero-order chi connectivity index (χ0) is 32.7. The maximum atomic E-state index is 14.3. The highest BCUT2D eigenvalue weighted by Gasteiger charge is 2.59. The molecule has 2 amide bonds. The van der Waals surface area contributed by atoms with Crippen molar-refractivity contribution in [3.8, 4) is 0 Å². The molecule has 5 atom stereocenters. The Morgan fingerprint density at radius 1 is 1.13 bits per heavy atom. The first-order valence-corrected chi connectivity index (χ1v) is 17.5. The van der Waals surface area contributed by atoms with Crippen LogP contribution in [0, 0.1) is 11.7 Å². The van der Waals surface area contributed by atoms with Crippen molar-refractivity contribution in [1.82, 2.24) is 20.0 Å². The van der Waals surface area contributed by atoms with Gasteiger partial charge in [0.2, 0.25) is 5.91 Å². The monoisotopic (exact) mass is 640 g/mol. The third-order valence-electron chi connectivity index (χ3n) is 10.4. The van der Waals surface area contributed by atoms with Gasteiger partial charge in [0.15, 0.2) is 5.78 Å². The number of carbonyl (C=O) groups is 3. The Hall–Kier alpha value is -2.82. The van der Waals surface area contributed by atoms with Crippen molar-refractivity contribution in [2.24, 2.45) is 5.92 Å². The summed E-state index contributed by atoms with van der Waals surface area (Å²) in [5, 5.41) is 3.14. The maximum absolute atomic E-state index is 14.3. The van der Waals surface area contributed by atoms with E-state index in [1.165, 1.54) is 36.6 Å². The van der Waals surface area contributed by atoms with E-state index in [0.29, 0.717) is 24.9 Å². The average molecular weight is 641 g/mol. The maximum Gasteiger partial charge on any atom is 0.410 e. The van der Waals surface area contributed by atoms with Gasteiger partial charge >= 0.3 is 6.09 Å². The van der Waals surface area contributed by atoms with Crippen LogP contribution in [0.3, 0.4) is 0 Å². The van der Waals surface area contributed by atoms with Crippen molar-refractivity contribution in [1.29, 1.82) is 0 Å². The van der Waals surface area contributed by atoms with Crippen LogP contribution in [-0.4, -0.2) is 89.7 Å². The van der Waals surface area contributed by atoms with Crippen LogP contribution in [0.25, 0.3) is 0 Å². The van der Waals surface area contributed by atoms with Crippen molar-refractivity contribution in [2.75, 3.05) is 33.3 Å². The number of fused-ring (bicyclic) bond motifs is 1. The first kappa shape index (κ1) is 34.5. The molecule has 9 nitrogen and oxygen atoms in total. The fraction of sp³-hybridized carbons (Fsp3) is 0.694. The number of unbranched alkanes of at least 4 members (excludes halogenated alkanes) is 3. The van der Waals surface area contributed by atoms with Gasteiger partial charge < -0.3 is 19.7 Å². The molecule has 1 N–H and O–H groups in total. The van der Waals surface area contributed by atoms with Crippen LogP contribution in [0.2, 0.25) is 0 Å². The van der Waals surface area contributed by atoms with Gasteiger partial charge in [-0.2, -0.15) is 0 Å². The Morgan fingerprint density at radius 3 is 2.65 bits per heavy atom. The molecule has 0 spiro atoms. The number of rotatable bonds is 15. The number of piperidine rings is 1. The Kier molecular flexibility index (Phi) is 11.9. The highest BCUT2D eigenvalue weighted by atomic mass is 19.1. The standard InChI is InChI=1S/C36H53FN4O5/c1-4-5-6-7-9-15-28-22-36(28,26(2)42)38-34(43)32-21-29(46-35(44)40-23-27-14-12-16-31(37)30(27)25-40)24-41(32)33(45-3)17-13-20-39-18-10-8-11-19-39/h9,12,14-16,28-29,32-33H,4-8,10-11,13,17-25H2,1-3H3,(H,38,43)/b15-9-/t28?,29?,32-,33?,36?/m0/s1. The van der Waals surface area contributed by atoms with E-state index in [2.05, 4.69) is 29.3 Å². The lowest BCUT2D eigenvalue weighted by Crippen LogP contribution is -2.53. The zero-order valence-corrected chi connectivity index (χ0v) is 28.0. The summed E-state index contributed by atoms with van der Waals surface area (Å²) in [6.45, 7) is 7.74. The molecule has 4 unspecified atom stereocenters. The number of nitrogens with zero attached hydrogens (tertiary/aromatic N) is 3. The first-order valence-electron chi connectivity index (χ1n) is 17.5. The molecule has 4 aliphatic rings. The summed E-state index contributed by atoms with van der Waals surface area (Å²) in [6.07, 6.45) is 13.6. The third-order valence-corrected chi connectivity index (χ3v) is 10.4. The van der Waals surface area contributed by atoms with Gasteiger partial charge in [0.05, 0.1) is 12.6 Å². The Labute approximate surface area is 273 Å². The molecular formula is C36H53FN4O5. The minimum Gasteiger partial charge on any atom is -0.445 e. The summed E-state index contributed by atoms with van der Waals surface area (Å²) >= 11 is 0. The number of ether oxygens (including phenoxy) is 2. The van der Waals surface area contributed by atoms with E-state index in [9.17, 15) is 18.8 Å².